The maximum atomic E-state index is 6.47. The molecule has 186 valence electrons. The minimum Gasteiger partial charge on any atom is -0.455 e. The third-order valence-electron chi connectivity index (χ3n) is 8.27. The fourth-order valence-corrected chi connectivity index (χ4v) is 7.61. The molecule has 1 aliphatic rings. The van der Waals surface area contributed by atoms with Gasteiger partial charge in [-0.25, -0.2) is 0 Å². The highest BCUT2D eigenvalue weighted by molar-refractivity contribution is 7.99. The summed E-state index contributed by atoms with van der Waals surface area (Å²) in [6.07, 6.45) is 0. The van der Waals surface area contributed by atoms with Crippen LogP contribution in [0.15, 0.2) is 148 Å². The second kappa shape index (κ2) is 8.35. The molecule has 0 saturated carbocycles. The van der Waals surface area contributed by atoms with Crippen LogP contribution in [0, 0.1) is 0 Å². The van der Waals surface area contributed by atoms with Crippen molar-refractivity contribution in [3.63, 3.8) is 0 Å². The molecule has 2 heterocycles. The standard InChI is InChI=1S/C38H22OS/c1-2-11-28-23(8-1)18-19-32-36-27(13-7-16-33(36)39-38(28)32)25-10-5-9-24(22-25)26-20-21-35-37-30(26)14-6-15-31(37)29-12-3-4-17-34(29)40-35/h1-22H. The van der Waals surface area contributed by atoms with Crippen LogP contribution in [0.1, 0.15) is 0 Å². The van der Waals surface area contributed by atoms with Crippen molar-refractivity contribution < 1.29 is 4.42 Å². The second-order valence-corrected chi connectivity index (χ2v) is 11.5. The van der Waals surface area contributed by atoms with Crippen molar-refractivity contribution in [2.75, 3.05) is 0 Å². The van der Waals surface area contributed by atoms with Gasteiger partial charge in [0, 0.05) is 31.3 Å². The Hall–Kier alpha value is -4.79. The second-order valence-electron chi connectivity index (χ2n) is 10.5. The highest BCUT2D eigenvalue weighted by Gasteiger charge is 2.21. The van der Waals surface area contributed by atoms with Crippen molar-refractivity contribution in [2.24, 2.45) is 0 Å². The van der Waals surface area contributed by atoms with E-state index in [9.17, 15) is 0 Å². The minimum absolute atomic E-state index is 0.923. The summed E-state index contributed by atoms with van der Waals surface area (Å²) in [7, 11) is 0. The SMILES string of the molecule is c1cc(-c2ccc3c4c(cccc24)-c2ccccc2S3)cc(-c2cccc3oc4c5ccccc5ccc4c23)c1. The Bertz CT molecular complexity index is 2310. The molecule has 2 heteroatoms. The lowest BCUT2D eigenvalue weighted by Gasteiger charge is -2.21. The first kappa shape index (κ1) is 22.1. The van der Waals surface area contributed by atoms with Gasteiger partial charge in [0.2, 0.25) is 0 Å². The number of fused-ring (bicyclic) bond motifs is 7. The molecular formula is C38H22OS. The third-order valence-corrected chi connectivity index (χ3v) is 9.41. The summed E-state index contributed by atoms with van der Waals surface area (Å²) in [5.74, 6) is 0. The maximum Gasteiger partial charge on any atom is 0.143 e. The number of rotatable bonds is 2. The van der Waals surface area contributed by atoms with Gasteiger partial charge < -0.3 is 4.42 Å². The van der Waals surface area contributed by atoms with Gasteiger partial charge in [0.25, 0.3) is 0 Å². The normalized spacial score (nSPS) is 12.4. The Morgan fingerprint density at radius 1 is 0.425 bits per heavy atom. The van der Waals surface area contributed by atoms with Crippen molar-refractivity contribution in [1.29, 1.82) is 0 Å². The first-order valence-corrected chi connectivity index (χ1v) is 14.4. The Kier molecular flexibility index (Phi) is 4.61. The molecular weight excluding hydrogens is 504 g/mol. The van der Waals surface area contributed by atoms with E-state index in [0.717, 1.165) is 21.9 Å². The van der Waals surface area contributed by atoms with E-state index in [1.165, 1.54) is 64.7 Å². The van der Waals surface area contributed by atoms with Crippen molar-refractivity contribution >= 4 is 55.2 Å². The monoisotopic (exact) mass is 526 g/mol. The molecule has 0 amide bonds. The van der Waals surface area contributed by atoms with Crippen LogP contribution in [0.4, 0.5) is 0 Å². The van der Waals surface area contributed by atoms with Gasteiger partial charge >= 0.3 is 0 Å². The molecule has 0 aliphatic carbocycles. The van der Waals surface area contributed by atoms with E-state index in [1.54, 1.807) is 0 Å². The van der Waals surface area contributed by atoms with Crippen LogP contribution in [0.2, 0.25) is 0 Å². The Labute approximate surface area is 235 Å². The summed E-state index contributed by atoms with van der Waals surface area (Å²) < 4.78 is 6.47. The van der Waals surface area contributed by atoms with Crippen LogP contribution < -0.4 is 0 Å². The third kappa shape index (κ3) is 3.11. The summed E-state index contributed by atoms with van der Waals surface area (Å²) in [5.41, 5.74) is 9.39. The van der Waals surface area contributed by atoms with Gasteiger partial charge in [-0.1, -0.05) is 115 Å². The van der Waals surface area contributed by atoms with Crippen LogP contribution in [-0.2, 0) is 0 Å². The molecule has 0 saturated heterocycles. The quantitative estimate of drug-likeness (QED) is 0.222. The van der Waals surface area contributed by atoms with Crippen LogP contribution in [0.5, 0.6) is 0 Å². The molecule has 0 N–H and O–H groups in total. The lowest BCUT2D eigenvalue weighted by Crippen LogP contribution is -1.94. The highest BCUT2D eigenvalue weighted by atomic mass is 32.2. The molecule has 8 aromatic rings. The first-order chi connectivity index (χ1) is 19.8. The molecule has 0 bridgehead atoms. The lowest BCUT2D eigenvalue weighted by molar-refractivity contribution is 0.673. The summed E-state index contributed by atoms with van der Waals surface area (Å²) in [4.78, 5) is 2.65. The van der Waals surface area contributed by atoms with Gasteiger partial charge in [0.1, 0.15) is 11.2 Å². The number of benzene rings is 7. The van der Waals surface area contributed by atoms with Gasteiger partial charge in [0.05, 0.1) is 0 Å². The number of furan rings is 1. The summed E-state index contributed by atoms with van der Waals surface area (Å²) in [6, 6.07) is 48.3. The first-order valence-electron chi connectivity index (χ1n) is 13.6. The minimum atomic E-state index is 0.923. The summed E-state index contributed by atoms with van der Waals surface area (Å²) >= 11 is 1.87. The topological polar surface area (TPSA) is 13.1 Å². The van der Waals surface area contributed by atoms with Crippen molar-refractivity contribution in [3.05, 3.63) is 133 Å². The van der Waals surface area contributed by atoms with Gasteiger partial charge in [-0.05, 0) is 74.5 Å². The average Bonchev–Trinajstić information content (AvgIpc) is 3.41. The van der Waals surface area contributed by atoms with Crippen LogP contribution in [0.25, 0.3) is 76.9 Å². The molecule has 1 nitrogen and oxygen atoms in total. The fourth-order valence-electron chi connectivity index (χ4n) is 6.48. The van der Waals surface area contributed by atoms with Crippen molar-refractivity contribution in [3.8, 4) is 33.4 Å². The molecule has 0 spiro atoms. The predicted octanol–water partition coefficient (Wildman–Crippen LogP) is 11.4. The van der Waals surface area contributed by atoms with Crippen LogP contribution in [0.3, 0.4) is 0 Å². The molecule has 1 aliphatic heterocycles. The molecule has 0 unspecified atom stereocenters. The largest absolute Gasteiger partial charge is 0.455 e. The van der Waals surface area contributed by atoms with E-state index in [0.29, 0.717) is 0 Å². The Morgan fingerprint density at radius 3 is 2.15 bits per heavy atom. The van der Waals surface area contributed by atoms with Gasteiger partial charge in [-0.3, -0.25) is 0 Å². The number of hydrogen-bond acceptors (Lipinski definition) is 2. The van der Waals surface area contributed by atoms with E-state index in [2.05, 4.69) is 133 Å². The average molecular weight is 527 g/mol. The zero-order chi connectivity index (χ0) is 26.2. The molecule has 1 aromatic heterocycles. The smallest absolute Gasteiger partial charge is 0.143 e. The fraction of sp³-hybridized carbons (Fsp3) is 0. The molecule has 40 heavy (non-hydrogen) atoms. The summed E-state index contributed by atoms with van der Waals surface area (Å²) in [5, 5.41) is 7.33. The number of hydrogen-bond donors (Lipinski definition) is 0. The summed E-state index contributed by atoms with van der Waals surface area (Å²) in [6.45, 7) is 0. The van der Waals surface area contributed by atoms with Crippen LogP contribution >= 0.6 is 11.8 Å². The van der Waals surface area contributed by atoms with E-state index in [1.807, 2.05) is 11.8 Å². The molecule has 0 fully saturated rings. The molecule has 0 radical (unpaired) electrons. The van der Waals surface area contributed by atoms with Crippen LogP contribution in [-0.4, -0.2) is 0 Å². The van der Waals surface area contributed by atoms with Crippen molar-refractivity contribution in [1.82, 2.24) is 0 Å². The zero-order valence-electron chi connectivity index (χ0n) is 21.5. The zero-order valence-corrected chi connectivity index (χ0v) is 22.3. The Morgan fingerprint density at radius 2 is 1.18 bits per heavy atom. The molecule has 9 rings (SSSR count). The lowest BCUT2D eigenvalue weighted by atomic mass is 9.91. The van der Waals surface area contributed by atoms with E-state index in [4.69, 9.17) is 4.42 Å². The van der Waals surface area contributed by atoms with Crippen molar-refractivity contribution in [2.45, 2.75) is 9.79 Å². The van der Waals surface area contributed by atoms with Gasteiger partial charge in [-0.2, -0.15) is 0 Å². The highest BCUT2D eigenvalue weighted by Crippen LogP contribution is 2.50. The van der Waals surface area contributed by atoms with Gasteiger partial charge in [-0.15, -0.1) is 0 Å². The van der Waals surface area contributed by atoms with E-state index in [-0.39, 0.29) is 0 Å². The predicted molar refractivity (Wildman–Crippen MR) is 169 cm³/mol. The molecule has 0 atom stereocenters. The van der Waals surface area contributed by atoms with E-state index >= 15 is 0 Å². The van der Waals surface area contributed by atoms with E-state index < -0.39 is 0 Å². The Balaban J connectivity index is 1.26. The van der Waals surface area contributed by atoms with Gasteiger partial charge in [0.15, 0.2) is 0 Å². The molecule has 7 aromatic carbocycles. The maximum absolute atomic E-state index is 6.47.